The smallest absolute Gasteiger partial charge is 0.419 e. The minimum Gasteiger partial charge on any atom is -0.419 e. The monoisotopic (exact) mass is 460 g/mol. The van der Waals surface area contributed by atoms with Crippen molar-refractivity contribution in [1.29, 1.82) is 0 Å². The van der Waals surface area contributed by atoms with Crippen molar-refractivity contribution in [2.24, 2.45) is 0 Å². The van der Waals surface area contributed by atoms with Crippen LogP contribution in [-0.4, -0.2) is 18.5 Å². The molecular formula is C23H25O8P. The largest absolute Gasteiger partial charge is 0.587 e. The van der Waals surface area contributed by atoms with Crippen LogP contribution in [0.15, 0.2) is 73.8 Å². The highest BCUT2D eigenvalue weighted by Crippen LogP contribution is 2.53. The van der Waals surface area contributed by atoms with E-state index in [9.17, 15) is 14.2 Å². The Hall–Kier alpha value is -3.35. The number of carbonyl (C=O) groups excluding carboxylic acids is 2. The van der Waals surface area contributed by atoms with E-state index in [1.54, 1.807) is 24.3 Å². The molecule has 0 saturated heterocycles. The lowest BCUT2D eigenvalue weighted by Crippen LogP contribution is -2.10. The second-order valence-corrected chi connectivity index (χ2v) is 7.83. The first kappa shape index (κ1) is 24.9. The molecule has 2 aromatic carbocycles. The topological polar surface area (TPSA) is 97.4 Å². The predicted molar refractivity (Wildman–Crippen MR) is 119 cm³/mol. The van der Waals surface area contributed by atoms with E-state index in [0.717, 1.165) is 25.0 Å². The van der Waals surface area contributed by atoms with E-state index < -0.39 is 19.8 Å². The van der Waals surface area contributed by atoms with Crippen molar-refractivity contribution < 1.29 is 37.2 Å². The maximum Gasteiger partial charge on any atom is 0.587 e. The second kappa shape index (κ2) is 12.5. The number of ether oxygens (including phenoxy) is 2. The van der Waals surface area contributed by atoms with E-state index in [1.807, 2.05) is 6.92 Å². The van der Waals surface area contributed by atoms with Gasteiger partial charge in [0.1, 0.15) is 0 Å². The molecular weight excluding hydrogens is 435 g/mol. The third-order valence-corrected chi connectivity index (χ3v) is 5.21. The zero-order chi connectivity index (χ0) is 23.4. The van der Waals surface area contributed by atoms with Crippen LogP contribution in [0.2, 0.25) is 0 Å². The summed E-state index contributed by atoms with van der Waals surface area (Å²) in [7, 11) is -4.30. The van der Waals surface area contributed by atoms with Crippen LogP contribution in [0.1, 0.15) is 26.2 Å². The summed E-state index contributed by atoms with van der Waals surface area (Å²) in [6.07, 6.45) is 4.36. The van der Waals surface area contributed by atoms with E-state index >= 15 is 0 Å². The molecule has 0 spiro atoms. The van der Waals surface area contributed by atoms with Crippen molar-refractivity contribution in [2.75, 3.05) is 6.61 Å². The molecule has 0 heterocycles. The van der Waals surface area contributed by atoms with Crippen molar-refractivity contribution in [3.05, 3.63) is 73.8 Å². The first-order valence-electron chi connectivity index (χ1n) is 9.91. The third kappa shape index (κ3) is 7.72. The van der Waals surface area contributed by atoms with Crippen LogP contribution >= 0.6 is 7.82 Å². The molecule has 0 fully saturated rings. The van der Waals surface area contributed by atoms with Gasteiger partial charge in [0, 0.05) is 12.2 Å². The van der Waals surface area contributed by atoms with Crippen LogP contribution in [0.25, 0.3) is 0 Å². The van der Waals surface area contributed by atoms with Crippen LogP contribution in [0.5, 0.6) is 23.0 Å². The average molecular weight is 460 g/mol. The van der Waals surface area contributed by atoms with Crippen molar-refractivity contribution in [3.8, 4) is 23.0 Å². The summed E-state index contributed by atoms with van der Waals surface area (Å²) in [5.41, 5.74) is 0. The molecule has 0 bridgehead atoms. The Kier molecular flexibility index (Phi) is 9.73. The van der Waals surface area contributed by atoms with E-state index in [-0.39, 0.29) is 29.6 Å². The Labute approximate surface area is 187 Å². The minimum atomic E-state index is -4.30. The van der Waals surface area contributed by atoms with Crippen molar-refractivity contribution in [2.45, 2.75) is 26.2 Å². The molecule has 0 aliphatic heterocycles. The highest BCUT2D eigenvalue weighted by Gasteiger charge is 2.33. The molecule has 0 amide bonds. The standard InChI is InChI=1S/C23H25O8P/c1-4-7-12-17-27-32(26,30-20-15-10-8-13-18(20)28-22(24)5-2)31-21-16-11-9-14-19(21)29-23(25)6-3/h5-6,8-11,13-16H,2-4,7,12,17H2,1H3. The van der Waals surface area contributed by atoms with Gasteiger partial charge in [0.2, 0.25) is 0 Å². The molecule has 9 heteroatoms. The van der Waals surface area contributed by atoms with Gasteiger partial charge in [-0.05, 0) is 30.7 Å². The van der Waals surface area contributed by atoms with E-state index in [2.05, 4.69) is 13.2 Å². The summed E-state index contributed by atoms with van der Waals surface area (Å²) in [5, 5.41) is 0. The molecule has 170 valence electrons. The molecule has 0 saturated carbocycles. The summed E-state index contributed by atoms with van der Waals surface area (Å²) < 4.78 is 40.5. The number of benzene rings is 2. The molecule has 32 heavy (non-hydrogen) atoms. The number of hydrogen-bond donors (Lipinski definition) is 0. The van der Waals surface area contributed by atoms with Crippen LogP contribution in [0.3, 0.4) is 0 Å². The highest BCUT2D eigenvalue weighted by atomic mass is 31.2. The van der Waals surface area contributed by atoms with Gasteiger partial charge in [-0.2, -0.15) is 0 Å². The maximum absolute atomic E-state index is 13.5. The lowest BCUT2D eigenvalue weighted by atomic mass is 10.3. The number of hydrogen-bond acceptors (Lipinski definition) is 8. The minimum absolute atomic E-state index is 0.00440. The summed E-state index contributed by atoms with van der Waals surface area (Å²) in [4.78, 5) is 23.3. The number of rotatable bonds is 13. The second-order valence-electron chi connectivity index (χ2n) is 6.31. The van der Waals surface area contributed by atoms with E-state index in [1.165, 1.54) is 24.3 Å². The lowest BCUT2D eigenvalue weighted by Gasteiger charge is -2.21. The molecule has 0 radical (unpaired) electrons. The first-order chi connectivity index (χ1) is 15.4. The molecule has 0 N–H and O–H groups in total. The van der Waals surface area contributed by atoms with E-state index in [4.69, 9.17) is 23.0 Å². The lowest BCUT2D eigenvalue weighted by molar-refractivity contribution is -0.129. The quantitative estimate of drug-likeness (QED) is 0.125. The van der Waals surface area contributed by atoms with Crippen molar-refractivity contribution in [1.82, 2.24) is 0 Å². The summed E-state index contributed by atoms with van der Waals surface area (Å²) in [5.74, 6) is -1.51. The average Bonchev–Trinajstić information content (AvgIpc) is 2.79. The number of unbranched alkanes of at least 4 members (excludes halogenated alkanes) is 2. The zero-order valence-corrected chi connectivity index (χ0v) is 18.6. The van der Waals surface area contributed by atoms with Crippen LogP contribution in [-0.2, 0) is 18.7 Å². The Balaban J connectivity index is 2.34. The van der Waals surface area contributed by atoms with Crippen LogP contribution in [0.4, 0.5) is 0 Å². The molecule has 0 atom stereocenters. The molecule has 0 unspecified atom stereocenters. The van der Waals surface area contributed by atoms with Crippen molar-refractivity contribution in [3.63, 3.8) is 0 Å². The highest BCUT2D eigenvalue weighted by molar-refractivity contribution is 7.49. The molecule has 0 aliphatic carbocycles. The van der Waals surface area contributed by atoms with Gasteiger partial charge in [0.15, 0.2) is 23.0 Å². The third-order valence-electron chi connectivity index (χ3n) is 3.87. The number of phosphoric acid groups is 1. The van der Waals surface area contributed by atoms with Crippen LogP contribution in [0, 0.1) is 0 Å². The first-order valence-corrected chi connectivity index (χ1v) is 11.4. The summed E-state index contributed by atoms with van der Waals surface area (Å²) >= 11 is 0. The molecule has 0 aromatic heterocycles. The van der Waals surface area contributed by atoms with Gasteiger partial charge in [-0.3, -0.25) is 4.52 Å². The maximum atomic E-state index is 13.5. The van der Waals surface area contributed by atoms with Gasteiger partial charge >= 0.3 is 19.8 Å². The normalized spacial score (nSPS) is 10.7. The Morgan fingerprint density at radius 2 is 1.25 bits per heavy atom. The van der Waals surface area contributed by atoms with Gasteiger partial charge in [0.25, 0.3) is 0 Å². The van der Waals surface area contributed by atoms with Gasteiger partial charge < -0.3 is 18.5 Å². The fourth-order valence-corrected chi connectivity index (χ4v) is 3.64. The molecule has 8 nitrogen and oxygen atoms in total. The molecule has 2 aromatic rings. The van der Waals surface area contributed by atoms with Gasteiger partial charge in [-0.1, -0.05) is 57.2 Å². The van der Waals surface area contributed by atoms with Crippen molar-refractivity contribution >= 4 is 19.8 Å². The molecule has 0 aliphatic rings. The van der Waals surface area contributed by atoms with Crippen LogP contribution < -0.4 is 18.5 Å². The van der Waals surface area contributed by atoms with Gasteiger partial charge in [0.05, 0.1) is 6.61 Å². The number of phosphoric ester groups is 1. The Morgan fingerprint density at radius 3 is 1.66 bits per heavy atom. The number of para-hydroxylation sites is 4. The SMILES string of the molecule is C=CC(=O)Oc1ccccc1OP(=O)(OCCCCC)Oc1ccccc1OC(=O)C=C. The summed E-state index contributed by atoms with van der Waals surface area (Å²) in [6.45, 7) is 8.80. The summed E-state index contributed by atoms with van der Waals surface area (Å²) in [6, 6.07) is 12.2. The fourth-order valence-electron chi connectivity index (χ4n) is 2.36. The van der Waals surface area contributed by atoms with Gasteiger partial charge in [-0.15, -0.1) is 0 Å². The Morgan fingerprint density at radius 1 is 0.812 bits per heavy atom. The molecule has 2 rings (SSSR count). The zero-order valence-electron chi connectivity index (χ0n) is 17.7. The Bertz CT molecular complexity index is 929. The predicted octanol–water partition coefficient (Wildman–Crippen LogP) is 5.64. The number of carbonyl (C=O) groups is 2. The number of esters is 2. The fraction of sp³-hybridized carbons (Fsp3) is 0.217. The van der Waals surface area contributed by atoms with Gasteiger partial charge in [-0.25, -0.2) is 14.2 Å². The van der Waals surface area contributed by atoms with E-state index in [0.29, 0.717) is 6.42 Å².